The molecule has 0 unspecified atom stereocenters. The van der Waals surface area contributed by atoms with Crippen molar-refractivity contribution in [3.05, 3.63) is 24.3 Å². The number of aliphatic imine (C=N–C) groups is 1. The molecule has 1 N–H and O–H groups in total. The van der Waals surface area contributed by atoms with Crippen LogP contribution in [-0.4, -0.2) is 23.2 Å². The number of anilines is 1. The van der Waals surface area contributed by atoms with Crippen molar-refractivity contribution in [1.29, 1.82) is 0 Å². The minimum absolute atomic E-state index is 0.285. The highest BCUT2D eigenvalue weighted by atomic mass is 32.2. The highest BCUT2D eigenvalue weighted by molar-refractivity contribution is 8.14. The molecule has 21 heavy (non-hydrogen) atoms. The average Bonchev–Trinajstić information content (AvgIpc) is 2.50. The van der Waals surface area contributed by atoms with E-state index in [2.05, 4.69) is 24.2 Å². The fourth-order valence-corrected chi connectivity index (χ4v) is 4.06. The number of thioether (sulfide) groups is 2. The zero-order valence-electron chi connectivity index (χ0n) is 12.2. The monoisotopic (exact) mass is 330 g/mol. The molecule has 1 aliphatic rings. The molecular weight excluding hydrogens is 310 g/mol. The maximum atomic E-state index is 12.6. The second-order valence-corrected chi connectivity index (χ2v) is 7.11. The molecule has 0 spiro atoms. The zero-order chi connectivity index (χ0) is 15.3. The molecule has 0 aromatic heterocycles. The molecule has 1 aromatic rings. The van der Waals surface area contributed by atoms with Crippen molar-refractivity contribution < 1.29 is 8.78 Å². The smallest absolute Gasteiger partial charge is 0.288 e. The lowest BCUT2D eigenvalue weighted by Crippen LogP contribution is -2.32. The van der Waals surface area contributed by atoms with Gasteiger partial charge in [-0.3, -0.25) is 4.99 Å². The van der Waals surface area contributed by atoms with Gasteiger partial charge in [0.05, 0.1) is 5.69 Å². The summed E-state index contributed by atoms with van der Waals surface area (Å²) in [4.78, 5) is 5.17. The Balaban J connectivity index is 2.08. The zero-order valence-corrected chi connectivity index (χ0v) is 13.9. The maximum absolute atomic E-state index is 12.6. The van der Waals surface area contributed by atoms with Crippen LogP contribution in [0.15, 0.2) is 34.2 Å². The minimum Gasteiger partial charge on any atom is -0.334 e. The number of benzene rings is 1. The second-order valence-electron chi connectivity index (χ2n) is 5.12. The molecule has 0 fully saturated rings. The average molecular weight is 330 g/mol. The highest BCUT2D eigenvalue weighted by Crippen LogP contribution is 2.37. The summed E-state index contributed by atoms with van der Waals surface area (Å²) < 4.78 is 25.1. The van der Waals surface area contributed by atoms with Crippen molar-refractivity contribution in [3.63, 3.8) is 0 Å². The van der Waals surface area contributed by atoms with Crippen LogP contribution in [0.1, 0.15) is 26.7 Å². The molecule has 116 valence electrons. The number of nitrogens with one attached hydrogen (secondary N) is 1. The summed E-state index contributed by atoms with van der Waals surface area (Å²) in [6.45, 7) is 5.21. The van der Waals surface area contributed by atoms with E-state index < -0.39 is 5.76 Å². The quantitative estimate of drug-likeness (QED) is 0.739. The largest absolute Gasteiger partial charge is 0.334 e. The van der Waals surface area contributed by atoms with Crippen LogP contribution in [-0.2, 0) is 0 Å². The van der Waals surface area contributed by atoms with Crippen molar-refractivity contribution in [2.75, 3.05) is 17.6 Å². The van der Waals surface area contributed by atoms with Gasteiger partial charge in [0.15, 0.2) is 5.17 Å². The van der Waals surface area contributed by atoms with E-state index in [9.17, 15) is 8.78 Å². The lowest BCUT2D eigenvalue weighted by atomic mass is 9.84. The summed E-state index contributed by atoms with van der Waals surface area (Å²) >= 11 is 2.25. The Morgan fingerprint density at radius 1 is 1.33 bits per heavy atom. The molecule has 1 aliphatic heterocycles. The number of hydrogen-bond acceptors (Lipinski definition) is 4. The van der Waals surface area contributed by atoms with E-state index in [0.717, 1.165) is 30.3 Å². The van der Waals surface area contributed by atoms with Gasteiger partial charge in [-0.25, -0.2) is 0 Å². The highest BCUT2D eigenvalue weighted by Gasteiger charge is 2.30. The van der Waals surface area contributed by atoms with Gasteiger partial charge in [0, 0.05) is 17.2 Å². The molecular formula is C15H20F2N2S2. The van der Waals surface area contributed by atoms with Crippen molar-refractivity contribution in [2.45, 2.75) is 37.3 Å². The number of halogens is 2. The molecule has 0 saturated carbocycles. The Morgan fingerprint density at radius 2 is 2.05 bits per heavy atom. The number of rotatable bonds is 5. The SMILES string of the molecule is CCC1(CC)CN=C(Nc2ccccc2SC(F)F)SC1. The summed E-state index contributed by atoms with van der Waals surface area (Å²) in [6.07, 6.45) is 2.23. The Hall–Kier alpha value is -0.750. The molecule has 6 heteroatoms. The third-order valence-electron chi connectivity index (χ3n) is 3.92. The molecule has 2 rings (SSSR count). The van der Waals surface area contributed by atoms with Gasteiger partial charge < -0.3 is 5.32 Å². The molecule has 1 aromatic carbocycles. The number of hydrogen-bond donors (Lipinski definition) is 1. The Bertz CT molecular complexity index is 502. The number of nitrogens with zero attached hydrogens (tertiary/aromatic N) is 1. The van der Waals surface area contributed by atoms with Gasteiger partial charge in [-0.1, -0.05) is 49.5 Å². The van der Waals surface area contributed by atoms with E-state index in [-0.39, 0.29) is 5.41 Å². The molecule has 2 nitrogen and oxygen atoms in total. The lowest BCUT2D eigenvalue weighted by Gasteiger charge is -2.33. The summed E-state index contributed by atoms with van der Waals surface area (Å²) in [6, 6.07) is 7.13. The topological polar surface area (TPSA) is 24.4 Å². The summed E-state index contributed by atoms with van der Waals surface area (Å²) in [5.41, 5.74) is 0.988. The van der Waals surface area contributed by atoms with Crippen LogP contribution >= 0.6 is 23.5 Å². The van der Waals surface area contributed by atoms with Crippen LogP contribution in [0, 0.1) is 5.41 Å². The van der Waals surface area contributed by atoms with E-state index in [1.54, 1.807) is 23.9 Å². The van der Waals surface area contributed by atoms with Gasteiger partial charge in [-0.05, 0) is 30.4 Å². The lowest BCUT2D eigenvalue weighted by molar-refractivity contribution is 0.252. The van der Waals surface area contributed by atoms with Gasteiger partial charge in [0.2, 0.25) is 0 Å². The Kier molecular flexibility index (Phi) is 5.93. The molecule has 0 bridgehead atoms. The number of para-hydroxylation sites is 1. The second kappa shape index (κ2) is 7.49. The third-order valence-corrected chi connectivity index (χ3v) is 5.97. The van der Waals surface area contributed by atoms with Crippen molar-refractivity contribution in [2.24, 2.45) is 10.4 Å². The predicted molar refractivity (Wildman–Crippen MR) is 89.7 cm³/mol. The van der Waals surface area contributed by atoms with Crippen LogP contribution in [0.5, 0.6) is 0 Å². The molecule has 0 atom stereocenters. The van der Waals surface area contributed by atoms with Gasteiger partial charge in [-0.15, -0.1) is 0 Å². The first kappa shape index (κ1) is 16.6. The molecule has 0 radical (unpaired) electrons. The summed E-state index contributed by atoms with van der Waals surface area (Å²) in [5.74, 6) is -1.39. The standard InChI is InChI=1S/C15H20F2N2S2/c1-3-15(4-2)9-18-14(20-10-15)19-11-7-5-6-8-12(11)21-13(16)17/h5-8,13H,3-4,9-10H2,1-2H3,(H,18,19). The van der Waals surface area contributed by atoms with Gasteiger partial charge in [0.25, 0.3) is 5.76 Å². The summed E-state index contributed by atoms with van der Waals surface area (Å²) in [7, 11) is 0. The summed E-state index contributed by atoms with van der Waals surface area (Å²) in [5, 5.41) is 4.03. The van der Waals surface area contributed by atoms with Crippen LogP contribution < -0.4 is 5.32 Å². The van der Waals surface area contributed by atoms with Crippen LogP contribution in [0.3, 0.4) is 0 Å². The van der Waals surface area contributed by atoms with Gasteiger partial charge in [0.1, 0.15) is 0 Å². The Morgan fingerprint density at radius 3 is 2.62 bits per heavy atom. The van der Waals surface area contributed by atoms with E-state index in [4.69, 9.17) is 0 Å². The van der Waals surface area contributed by atoms with Crippen molar-refractivity contribution in [3.8, 4) is 0 Å². The normalized spacial score (nSPS) is 17.7. The first-order valence-corrected chi connectivity index (χ1v) is 8.93. The molecule has 0 amide bonds. The molecule has 0 saturated heterocycles. The van der Waals surface area contributed by atoms with Crippen LogP contribution in [0.2, 0.25) is 0 Å². The predicted octanol–water partition coefficient (Wildman–Crippen LogP) is 5.32. The Labute approximate surface area is 133 Å². The van der Waals surface area contributed by atoms with E-state index in [1.165, 1.54) is 0 Å². The van der Waals surface area contributed by atoms with Gasteiger partial charge >= 0.3 is 0 Å². The molecule has 0 aliphatic carbocycles. The van der Waals surface area contributed by atoms with Crippen LogP contribution in [0.25, 0.3) is 0 Å². The fraction of sp³-hybridized carbons (Fsp3) is 0.533. The molecule has 1 heterocycles. The van der Waals surface area contributed by atoms with E-state index >= 15 is 0 Å². The van der Waals surface area contributed by atoms with Crippen molar-refractivity contribution >= 4 is 34.4 Å². The van der Waals surface area contributed by atoms with Crippen molar-refractivity contribution in [1.82, 2.24) is 0 Å². The van der Waals surface area contributed by atoms with Gasteiger partial charge in [-0.2, -0.15) is 8.78 Å². The van der Waals surface area contributed by atoms with E-state index in [0.29, 0.717) is 22.3 Å². The first-order valence-electron chi connectivity index (χ1n) is 7.06. The first-order chi connectivity index (χ1) is 10.1. The maximum Gasteiger partial charge on any atom is 0.288 e. The fourth-order valence-electron chi connectivity index (χ4n) is 2.19. The van der Waals surface area contributed by atoms with Crippen LogP contribution in [0.4, 0.5) is 14.5 Å². The van der Waals surface area contributed by atoms with E-state index in [1.807, 2.05) is 12.1 Å². The third kappa shape index (κ3) is 4.36. The minimum atomic E-state index is -2.42. The number of alkyl halides is 2. The number of amidine groups is 1.